The first-order valence-corrected chi connectivity index (χ1v) is 7.92. The summed E-state index contributed by atoms with van der Waals surface area (Å²) in [6, 6.07) is 12.2. The lowest BCUT2D eigenvalue weighted by Gasteiger charge is -2.08. The van der Waals surface area contributed by atoms with Crippen LogP contribution in [0.4, 0.5) is 5.82 Å². The molecule has 0 aliphatic heterocycles. The van der Waals surface area contributed by atoms with Crippen LogP contribution in [0, 0.1) is 6.92 Å². The van der Waals surface area contributed by atoms with Crippen molar-refractivity contribution in [1.29, 1.82) is 0 Å². The van der Waals surface area contributed by atoms with Gasteiger partial charge in [-0.15, -0.1) is 0 Å². The number of amides is 1. The molecule has 1 heterocycles. The van der Waals surface area contributed by atoms with Crippen LogP contribution >= 0.6 is 15.9 Å². The van der Waals surface area contributed by atoms with Gasteiger partial charge in [-0.2, -0.15) is 5.10 Å². The van der Waals surface area contributed by atoms with Gasteiger partial charge in [-0.1, -0.05) is 34.1 Å². The minimum absolute atomic E-state index is 0.0788. The van der Waals surface area contributed by atoms with E-state index in [9.17, 15) is 9.90 Å². The number of hydrogen-bond donors (Lipinski definition) is 3. The van der Waals surface area contributed by atoms with Crippen LogP contribution in [0.1, 0.15) is 15.9 Å². The van der Waals surface area contributed by atoms with Crippen LogP contribution in [0.5, 0.6) is 5.75 Å². The van der Waals surface area contributed by atoms with Crippen molar-refractivity contribution in [1.82, 2.24) is 9.78 Å². The fourth-order valence-electron chi connectivity index (χ4n) is 2.52. The highest BCUT2D eigenvalue weighted by Crippen LogP contribution is 2.32. The van der Waals surface area contributed by atoms with Crippen molar-refractivity contribution < 1.29 is 9.90 Å². The first kappa shape index (κ1) is 16.1. The number of carbonyl (C=O) groups is 1. The second-order valence-electron chi connectivity index (χ2n) is 5.37. The molecular formula is C17H15BrN4O2. The topological polar surface area (TPSA) is 107 Å². The maximum Gasteiger partial charge on any atom is 0.254 e. The highest BCUT2D eigenvalue weighted by Gasteiger charge is 2.23. The molecule has 0 saturated heterocycles. The van der Waals surface area contributed by atoms with Crippen LogP contribution in [0.25, 0.3) is 16.9 Å². The van der Waals surface area contributed by atoms with Gasteiger partial charge in [-0.3, -0.25) is 4.79 Å². The molecule has 0 spiro atoms. The molecule has 0 bridgehead atoms. The average molecular weight is 387 g/mol. The zero-order valence-corrected chi connectivity index (χ0v) is 14.4. The normalized spacial score (nSPS) is 10.8. The minimum Gasteiger partial charge on any atom is -0.508 e. The summed E-state index contributed by atoms with van der Waals surface area (Å²) in [6.45, 7) is 1.86. The number of phenolic OH excluding ortho intramolecular Hbond substituents is 1. The fourth-order valence-corrected chi connectivity index (χ4v) is 2.92. The maximum absolute atomic E-state index is 11.9. The zero-order valence-electron chi connectivity index (χ0n) is 12.8. The summed E-state index contributed by atoms with van der Waals surface area (Å²) in [5.74, 6) is -0.451. The van der Waals surface area contributed by atoms with E-state index in [-0.39, 0.29) is 17.1 Å². The van der Waals surface area contributed by atoms with Crippen molar-refractivity contribution in [2.24, 2.45) is 5.73 Å². The third-order valence-electron chi connectivity index (χ3n) is 3.69. The van der Waals surface area contributed by atoms with Gasteiger partial charge in [-0.25, -0.2) is 4.68 Å². The fraction of sp³-hybridized carbons (Fsp3) is 0.0588. The van der Waals surface area contributed by atoms with E-state index in [2.05, 4.69) is 21.0 Å². The van der Waals surface area contributed by atoms with Crippen LogP contribution in [-0.4, -0.2) is 20.8 Å². The van der Waals surface area contributed by atoms with Gasteiger partial charge in [0, 0.05) is 16.1 Å². The molecular weight excluding hydrogens is 372 g/mol. The molecule has 2 aromatic carbocycles. The first-order valence-electron chi connectivity index (χ1n) is 7.12. The number of nitrogens with two attached hydrogens (primary N) is 2. The number of nitrogen functional groups attached to an aromatic ring is 1. The quantitative estimate of drug-likeness (QED) is 0.642. The number of anilines is 1. The van der Waals surface area contributed by atoms with Crippen molar-refractivity contribution in [3.63, 3.8) is 0 Å². The van der Waals surface area contributed by atoms with Crippen LogP contribution in [-0.2, 0) is 0 Å². The summed E-state index contributed by atoms with van der Waals surface area (Å²) in [6.07, 6.45) is 0. The second-order valence-corrected chi connectivity index (χ2v) is 6.28. The molecule has 0 unspecified atom stereocenters. The Labute approximate surface area is 146 Å². The predicted molar refractivity (Wildman–Crippen MR) is 96.0 cm³/mol. The Hall–Kier alpha value is -2.80. The standard InChI is InChI=1S/C17H15BrN4O2/c1-9-5-6-12(23)8-13(9)22-16(19)14(17(20)24)15(21-22)10-3-2-4-11(18)7-10/h2-8,23H,19H2,1H3,(H2,20,24). The van der Waals surface area contributed by atoms with Crippen molar-refractivity contribution in [2.45, 2.75) is 6.92 Å². The van der Waals surface area contributed by atoms with Gasteiger partial charge >= 0.3 is 0 Å². The van der Waals surface area contributed by atoms with Crippen LogP contribution in [0.3, 0.4) is 0 Å². The minimum atomic E-state index is -0.661. The van der Waals surface area contributed by atoms with Crippen LogP contribution in [0.2, 0.25) is 0 Å². The van der Waals surface area contributed by atoms with Crippen molar-refractivity contribution >= 4 is 27.7 Å². The highest BCUT2D eigenvalue weighted by molar-refractivity contribution is 9.10. The van der Waals surface area contributed by atoms with Gasteiger partial charge in [0.05, 0.1) is 5.69 Å². The molecule has 0 radical (unpaired) electrons. The Bertz CT molecular complexity index is 950. The van der Waals surface area contributed by atoms with Gasteiger partial charge in [0.1, 0.15) is 22.8 Å². The van der Waals surface area contributed by atoms with Gasteiger partial charge in [0.15, 0.2) is 0 Å². The summed E-state index contributed by atoms with van der Waals surface area (Å²) in [5.41, 5.74) is 14.3. The number of aromatic nitrogens is 2. The largest absolute Gasteiger partial charge is 0.508 e. The van der Waals surface area contributed by atoms with Crippen LogP contribution in [0.15, 0.2) is 46.9 Å². The Balaban J connectivity index is 2.29. The van der Waals surface area contributed by atoms with Crippen molar-refractivity contribution in [3.05, 3.63) is 58.1 Å². The molecule has 7 heteroatoms. The number of nitrogens with zero attached hydrogens (tertiary/aromatic N) is 2. The molecule has 1 amide bonds. The molecule has 0 saturated carbocycles. The maximum atomic E-state index is 11.9. The van der Waals surface area contributed by atoms with E-state index < -0.39 is 5.91 Å². The third kappa shape index (κ3) is 2.74. The number of aryl methyl sites for hydroxylation is 1. The molecule has 24 heavy (non-hydrogen) atoms. The molecule has 0 fully saturated rings. The lowest BCUT2D eigenvalue weighted by molar-refractivity contribution is 0.100. The Morgan fingerprint density at radius 3 is 2.67 bits per heavy atom. The highest BCUT2D eigenvalue weighted by atomic mass is 79.9. The van der Waals surface area contributed by atoms with Gasteiger partial charge in [0.25, 0.3) is 5.91 Å². The number of benzene rings is 2. The number of carbonyl (C=O) groups excluding carboxylic acids is 1. The Morgan fingerprint density at radius 1 is 1.25 bits per heavy atom. The van der Waals surface area contributed by atoms with E-state index in [0.717, 1.165) is 10.0 Å². The van der Waals surface area contributed by atoms with E-state index in [1.807, 2.05) is 31.2 Å². The average Bonchev–Trinajstić information content (AvgIpc) is 2.87. The Kier molecular flexibility index (Phi) is 4.02. The van der Waals surface area contributed by atoms with E-state index in [0.29, 0.717) is 16.9 Å². The van der Waals surface area contributed by atoms with Gasteiger partial charge in [-0.05, 0) is 30.7 Å². The van der Waals surface area contributed by atoms with Gasteiger partial charge in [0.2, 0.25) is 0 Å². The van der Waals surface area contributed by atoms with E-state index in [1.54, 1.807) is 12.1 Å². The molecule has 3 aromatic rings. The van der Waals surface area contributed by atoms with E-state index >= 15 is 0 Å². The zero-order chi connectivity index (χ0) is 17.4. The number of aromatic hydroxyl groups is 1. The monoisotopic (exact) mass is 386 g/mol. The summed E-state index contributed by atoms with van der Waals surface area (Å²) < 4.78 is 2.27. The summed E-state index contributed by atoms with van der Waals surface area (Å²) in [4.78, 5) is 11.9. The number of phenols is 1. The summed E-state index contributed by atoms with van der Waals surface area (Å²) in [5, 5.41) is 14.2. The lowest BCUT2D eigenvalue weighted by atomic mass is 10.1. The van der Waals surface area contributed by atoms with Gasteiger partial charge < -0.3 is 16.6 Å². The summed E-state index contributed by atoms with van der Waals surface area (Å²) in [7, 11) is 0. The smallest absolute Gasteiger partial charge is 0.254 e. The second kappa shape index (κ2) is 6.01. The molecule has 1 aromatic heterocycles. The van der Waals surface area contributed by atoms with Crippen LogP contribution < -0.4 is 11.5 Å². The lowest BCUT2D eigenvalue weighted by Crippen LogP contribution is -2.14. The SMILES string of the molecule is Cc1ccc(O)cc1-n1nc(-c2cccc(Br)c2)c(C(N)=O)c1N. The first-order chi connectivity index (χ1) is 11.4. The Morgan fingerprint density at radius 2 is 2.00 bits per heavy atom. The predicted octanol–water partition coefficient (Wildman–Crippen LogP) is 3.00. The molecule has 6 nitrogen and oxygen atoms in total. The number of halogens is 1. The number of rotatable bonds is 3. The number of hydrogen-bond acceptors (Lipinski definition) is 4. The summed E-state index contributed by atoms with van der Waals surface area (Å²) >= 11 is 3.40. The third-order valence-corrected chi connectivity index (χ3v) is 4.18. The van der Waals surface area contributed by atoms with Crippen molar-refractivity contribution in [3.8, 4) is 22.7 Å². The molecule has 3 rings (SSSR count). The molecule has 0 aliphatic rings. The molecule has 0 aliphatic carbocycles. The number of primary amides is 1. The van der Waals surface area contributed by atoms with Crippen molar-refractivity contribution in [2.75, 3.05) is 5.73 Å². The van der Waals surface area contributed by atoms with E-state index in [1.165, 1.54) is 10.7 Å². The van der Waals surface area contributed by atoms with E-state index in [4.69, 9.17) is 11.5 Å². The molecule has 0 atom stereocenters. The molecule has 122 valence electrons. The molecule has 5 N–H and O–H groups in total.